The Kier molecular flexibility index (Phi) is 3.53. The van der Waals surface area contributed by atoms with Gasteiger partial charge >= 0.3 is 0 Å². The summed E-state index contributed by atoms with van der Waals surface area (Å²) in [6, 6.07) is 0. The van der Waals surface area contributed by atoms with Gasteiger partial charge in [-0.1, -0.05) is 13.8 Å². The predicted molar refractivity (Wildman–Crippen MR) is 57.8 cm³/mol. The van der Waals surface area contributed by atoms with Gasteiger partial charge in [-0.25, -0.2) is 0 Å². The minimum absolute atomic E-state index is 0.0357. The number of hydrogen-bond acceptors (Lipinski definition) is 2. The van der Waals surface area contributed by atoms with Crippen molar-refractivity contribution < 1.29 is 4.79 Å². The molecule has 0 aromatic carbocycles. The minimum Gasteiger partial charge on any atom is -0.345 e. The molecule has 3 nitrogen and oxygen atoms in total. The van der Waals surface area contributed by atoms with E-state index in [1.165, 1.54) is 12.8 Å². The molecule has 0 aromatic rings. The van der Waals surface area contributed by atoms with Gasteiger partial charge in [0.2, 0.25) is 5.91 Å². The molecule has 1 rings (SSSR count). The van der Waals surface area contributed by atoms with Crippen LogP contribution >= 0.6 is 0 Å². The Balaban J connectivity index is 2.31. The maximum Gasteiger partial charge on any atom is 0.222 e. The lowest BCUT2D eigenvalue weighted by Crippen LogP contribution is -2.39. The van der Waals surface area contributed by atoms with Crippen LogP contribution in [0.25, 0.3) is 0 Å². The molecular formula is C11H22N2O. The summed E-state index contributed by atoms with van der Waals surface area (Å²) in [5.74, 6) is 0.944. The summed E-state index contributed by atoms with van der Waals surface area (Å²) in [6.45, 7) is 5.56. The highest BCUT2D eigenvalue weighted by Gasteiger charge is 2.27. The lowest BCUT2D eigenvalue weighted by Gasteiger charge is -2.29. The Morgan fingerprint density at radius 3 is 2.50 bits per heavy atom. The average molecular weight is 198 g/mol. The molecule has 0 heterocycles. The summed E-state index contributed by atoms with van der Waals surface area (Å²) in [5.41, 5.74) is 5.67. The van der Waals surface area contributed by atoms with E-state index < -0.39 is 0 Å². The molecular weight excluding hydrogens is 176 g/mol. The first-order chi connectivity index (χ1) is 6.44. The van der Waals surface area contributed by atoms with Crippen molar-refractivity contribution in [2.75, 3.05) is 20.1 Å². The van der Waals surface area contributed by atoms with E-state index in [1.807, 2.05) is 11.9 Å². The second-order valence-corrected chi connectivity index (χ2v) is 5.27. The molecule has 0 spiro atoms. The first kappa shape index (κ1) is 11.5. The molecule has 0 atom stereocenters. The lowest BCUT2D eigenvalue weighted by atomic mass is 9.93. The highest BCUT2D eigenvalue weighted by Crippen LogP contribution is 2.32. The van der Waals surface area contributed by atoms with Crippen molar-refractivity contribution in [3.63, 3.8) is 0 Å². The molecule has 0 bridgehead atoms. The molecule has 14 heavy (non-hydrogen) atoms. The Hall–Kier alpha value is -0.570. The van der Waals surface area contributed by atoms with Crippen molar-refractivity contribution in [1.29, 1.82) is 0 Å². The fourth-order valence-electron chi connectivity index (χ4n) is 1.52. The standard InChI is InChI=1S/C11H22N2O/c1-11(2,7-12)8-13(3)10(14)6-9-4-5-9/h9H,4-8,12H2,1-3H3. The fourth-order valence-corrected chi connectivity index (χ4v) is 1.52. The van der Waals surface area contributed by atoms with E-state index >= 15 is 0 Å². The van der Waals surface area contributed by atoms with Crippen LogP contribution in [-0.4, -0.2) is 30.9 Å². The monoisotopic (exact) mass is 198 g/mol. The maximum atomic E-state index is 11.7. The number of carbonyl (C=O) groups is 1. The third kappa shape index (κ3) is 3.66. The van der Waals surface area contributed by atoms with Crippen LogP contribution < -0.4 is 5.73 Å². The van der Waals surface area contributed by atoms with Gasteiger partial charge in [0, 0.05) is 20.0 Å². The van der Waals surface area contributed by atoms with Gasteiger partial charge in [-0.15, -0.1) is 0 Å². The minimum atomic E-state index is 0.0357. The number of amides is 1. The molecule has 1 amide bonds. The van der Waals surface area contributed by atoms with Crippen molar-refractivity contribution in [1.82, 2.24) is 4.90 Å². The molecule has 0 radical (unpaired) electrons. The zero-order valence-corrected chi connectivity index (χ0v) is 9.55. The zero-order chi connectivity index (χ0) is 10.8. The number of rotatable bonds is 5. The summed E-state index contributed by atoms with van der Waals surface area (Å²) in [6.07, 6.45) is 3.21. The highest BCUT2D eigenvalue weighted by atomic mass is 16.2. The van der Waals surface area contributed by atoms with Crippen LogP contribution in [0.4, 0.5) is 0 Å². The third-order valence-corrected chi connectivity index (χ3v) is 2.80. The average Bonchev–Trinajstić information content (AvgIpc) is 2.87. The molecule has 1 aliphatic rings. The Bertz CT molecular complexity index is 209. The van der Waals surface area contributed by atoms with E-state index in [1.54, 1.807) is 0 Å². The van der Waals surface area contributed by atoms with Crippen LogP contribution in [0.1, 0.15) is 33.1 Å². The van der Waals surface area contributed by atoms with E-state index in [9.17, 15) is 4.79 Å². The van der Waals surface area contributed by atoms with Crippen LogP contribution in [0, 0.1) is 11.3 Å². The normalized spacial score (nSPS) is 16.9. The first-order valence-corrected chi connectivity index (χ1v) is 5.38. The van der Waals surface area contributed by atoms with Gasteiger partial charge in [0.25, 0.3) is 0 Å². The van der Waals surface area contributed by atoms with Crippen LogP contribution in [-0.2, 0) is 4.79 Å². The molecule has 82 valence electrons. The van der Waals surface area contributed by atoms with Crippen LogP contribution in [0.15, 0.2) is 0 Å². The number of hydrogen-bond donors (Lipinski definition) is 1. The lowest BCUT2D eigenvalue weighted by molar-refractivity contribution is -0.131. The summed E-state index contributed by atoms with van der Waals surface area (Å²) in [5, 5.41) is 0. The van der Waals surface area contributed by atoms with Crippen LogP contribution in [0.3, 0.4) is 0 Å². The second kappa shape index (κ2) is 4.30. The quantitative estimate of drug-likeness (QED) is 0.722. The molecule has 1 fully saturated rings. The molecule has 0 saturated heterocycles. The molecule has 0 aliphatic heterocycles. The smallest absolute Gasteiger partial charge is 0.222 e. The van der Waals surface area contributed by atoms with Gasteiger partial charge in [-0.2, -0.15) is 0 Å². The Morgan fingerprint density at radius 1 is 1.50 bits per heavy atom. The van der Waals surface area contributed by atoms with Crippen molar-refractivity contribution in [3.8, 4) is 0 Å². The largest absolute Gasteiger partial charge is 0.345 e. The maximum absolute atomic E-state index is 11.7. The molecule has 0 aromatic heterocycles. The van der Waals surface area contributed by atoms with Crippen LogP contribution in [0.2, 0.25) is 0 Å². The second-order valence-electron chi connectivity index (χ2n) is 5.27. The number of carbonyl (C=O) groups excluding carboxylic acids is 1. The Labute approximate surface area is 86.6 Å². The van der Waals surface area contributed by atoms with Crippen molar-refractivity contribution in [2.24, 2.45) is 17.1 Å². The predicted octanol–water partition coefficient (Wildman–Crippen LogP) is 1.23. The van der Waals surface area contributed by atoms with Crippen molar-refractivity contribution >= 4 is 5.91 Å². The van der Waals surface area contributed by atoms with Gasteiger partial charge < -0.3 is 10.6 Å². The third-order valence-electron chi connectivity index (χ3n) is 2.80. The van der Waals surface area contributed by atoms with Gasteiger partial charge in [0.05, 0.1) is 0 Å². The summed E-state index contributed by atoms with van der Waals surface area (Å²) < 4.78 is 0. The van der Waals surface area contributed by atoms with Crippen LogP contribution in [0.5, 0.6) is 0 Å². The van der Waals surface area contributed by atoms with Gasteiger partial charge in [0.1, 0.15) is 0 Å². The van der Waals surface area contributed by atoms with E-state index in [0.717, 1.165) is 13.0 Å². The molecule has 0 unspecified atom stereocenters. The van der Waals surface area contributed by atoms with E-state index in [0.29, 0.717) is 12.5 Å². The van der Waals surface area contributed by atoms with Gasteiger partial charge in [0.15, 0.2) is 0 Å². The summed E-state index contributed by atoms with van der Waals surface area (Å²) >= 11 is 0. The first-order valence-electron chi connectivity index (χ1n) is 5.38. The zero-order valence-electron chi connectivity index (χ0n) is 9.55. The molecule has 1 aliphatic carbocycles. The van der Waals surface area contributed by atoms with Gasteiger partial charge in [-0.05, 0) is 30.7 Å². The highest BCUT2D eigenvalue weighted by molar-refractivity contribution is 5.76. The summed E-state index contributed by atoms with van der Waals surface area (Å²) in [4.78, 5) is 13.5. The van der Waals surface area contributed by atoms with Gasteiger partial charge in [-0.3, -0.25) is 4.79 Å². The SMILES string of the molecule is CN(CC(C)(C)CN)C(=O)CC1CC1. The molecule has 3 heteroatoms. The molecule has 1 saturated carbocycles. The van der Waals surface area contributed by atoms with E-state index in [2.05, 4.69) is 13.8 Å². The van der Waals surface area contributed by atoms with E-state index in [4.69, 9.17) is 5.73 Å². The fraction of sp³-hybridized carbons (Fsp3) is 0.909. The molecule has 2 N–H and O–H groups in total. The Morgan fingerprint density at radius 2 is 2.07 bits per heavy atom. The number of nitrogens with two attached hydrogens (primary N) is 1. The topological polar surface area (TPSA) is 46.3 Å². The summed E-state index contributed by atoms with van der Waals surface area (Å²) in [7, 11) is 1.88. The van der Waals surface area contributed by atoms with E-state index in [-0.39, 0.29) is 11.3 Å². The van der Waals surface area contributed by atoms with Crippen molar-refractivity contribution in [2.45, 2.75) is 33.1 Å². The van der Waals surface area contributed by atoms with Crippen molar-refractivity contribution in [3.05, 3.63) is 0 Å². The number of nitrogens with zero attached hydrogens (tertiary/aromatic N) is 1.